The van der Waals surface area contributed by atoms with E-state index in [-0.39, 0.29) is 17.7 Å². The number of aryl methyl sites for hydroxylation is 1. The van der Waals surface area contributed by atoms with E-state index in [0.29, 0.717) is 11.4 Å². The number of carbonyl (C=O) groups excluding carboxylic acids is 1. The molecule has 1 aromatic heterocycles. The first-order chi connectivity index (χ1) is 14.7. The summed E-state index contributed by atoms with van der Waals surface area (Å²) in [6, 6.07) is 15.5. The van der Waals surface area contributed by atoms with Crippen molar-refractivity contribution in [3.63, 3.8) is 0 Å². The number of aliphatic hydroxyl groups excluding tert-OH is 1. The summed E-state index contributed by atoms with van der Waals surface area (Å²) >= 11 is 6.04. The van der Waals surface area contributed by atoms with Gasteiger partial charge < -0.3 is 15.5 Å². The first-order valence-corrected chi connectivity index (χ1v) is 9.93. The highest BCUT2D eigenvalue weighted by Gasteiger charge is 2.23. The number of carboxylic acids is 1. The van der Waals surface area contributed by atoms with Crippen LogP contribution >= 0.6 is 11.6 Å². The maximum Gasteiger partial charge on any atom is 0.332 e. The number of nitrogens with one attached hydrogen (secondary N) is 2. The van der Waals surface area contributed by atoms with Crippen LogP contribution in [0.2, 0.25) is 5.02 Å². The number of halogens is 1. The number of nitrogens with zero attached hydrogens (tertiary/aromatic N) is 1. The van der Waals surface area contributed by atoms with Crippen LogP contribution in [-0.2, 0) is 18.3 Å². The number of hydrogen-bond acceptors (Lipinski definition) is 4. The third kappa shape index (κ3) is 5.84. The highest BCUT2D eigenvalue weighted by atomic mass is 35.5. The molecule has 0 aliphatic heterocycles. The average molecular weight is 444 g/mol. The molecule has 3 rings (SSSR count). The summed E-state index contributed by atoms with van der Waals surface area (Å²) in [5, 5.41) is 24.8. The molecule has 0 bridgehead atoms. The number of carbonyl (C=O) groups is 2. The Labute approximate surface area is 183 Å². The van der Waals surface area contributed by atoms with E-state index in [1.165, 1.54) is 7.05 Å². The van der Waals surface area contributed by atoms with Crippen LogP contribution in [0.5, 0.6) is 0 Å². The standard InChI is InChI=1S/C22H22ClN3O5/c1-26-20(28)12-18(25-26)21(29)24-17(11-19(27)22(30)31)9-13-5-7-14(8-6-13)15-3-2-4-16(23)10-15/h2-8,10,12,17,19,25,27H,9,11H2,1H3,(H,24,29)(H,30,31)/t17-,19-/m1/s1. The van der Waals surface area contributed by atoms with Gasteiger partial charge in [-0.15, -0.1) is 0 Å². The van der Waals surface area contributed by atoms with E-state index in [1.54, 1.807) is 6.07 Å². The Kier molecular flexibility index (Phi) is 6.94. The largest absolute Gasteiger partial charge is 0.479 e. The number of H-pyrrole nitrogens is 1. The number of aromatic nitrogens is 2. The first kappa shape index (κ1) is 22.3. The van der Waals surface area contributed by atoms with E-state index in [4.69, 9.17) is 16.7 Å². The molecule has 0 saturated heterocycles. The molecular weight excluding hydrogens is 422 g/mol. The van der Waals surface area contributed by atoms with E-state index in [0.717, 1.165) is 27.4 Å². The summed E-state index contributed by atoms with van der Waals surface area (Å²) in [4.78, 5) is 35.2. The van der Waals surface area contributed by atoms with Gasteiger partial charge in [0.15, 0.2) is 6.10 Å². The average Bonchev–Trinajstić information content (AvgIpc) is 3.07. The van der Waals surface area contributed by atoms with Crippen LogP contribution in [0.15, 0.2) is 59.4 Å². The Hall–Kier alpha value is -3.36. The van der Waals surface area contributed by atoms with Gasteiger partial charge in [-0.3, -0.25) is 19.4 Å². The van der Waals surface area contributed by atoms with Gasteiger partial charge in [0, 0.05) is 30.6 Å². The fourth-order valence-corrected chi connectivity index (χ4v) is 3.41. The SMILES string of the molecule is Cn1[nH]c(C(=O)N[C@H](Cc2ccc(-c3cccc(Cl)c3)cc2)C[C@@H](O)C(=O)O)cc1=O. The Morgan fingerprint density at radius 2 is 1.84 bits per heavy atom. The molecule has 0 saturated carbocycles. The zero-order valence-electron chi connectivity index (χ0n) is 16.7. The number of carboxylic acid groups (broad SMARTS) is 1. The van der Waals surface area contributed by atoms with Crippen molar-refractivity contribution in [3.05, 3.63) is 81.2 Å². The number of aliphatic carboxylic acids is 1. The van der Waals surface area contributed by atoms with Crippen molar-refractivity contribution >= 4 is 23.5 Å². The number of hydrogen-bond donors (Lipinski definition) is 4. The van der Waals surface area contributed by atoms with Gasteiger partial charge in [-0.05, 0) is 35.2 Å². The van der Waals surface area contributed by atoms with Crippen LogP contribution in [0.1, 0.15) is 22.5 Å². The minimum absolute atomic E-state index is 0.0543. The lowest BCUT2D eigenvalue weighted by Crippen LogP contribution is -2.40. The van der Waals surface area contributed by atoms with Crippen molar-refractivity contribution in [1.29, 1.82) is 0 Å². The summed E-state index contributed by atoms with van der Waals surface area (Å²) in [6.45, 7) is 0. The summed E-state index contributed by atoms with van der Waals surface area (Å²) in [5.74, 6) is -1.93. The van der Waals surface area contributed by atoms with Crippen molar-refractivity contribution < 1.29 is 19.8 Å². The molecule has 0 aliphatic rings. The molecule has 8 nitrogen and oxygen atoms in total. The quantitative estimate of drug-likeness (QED) is 0.425. The maximum absolute atomic E-state index is 12.5. The number of rotatable bonds is 8. The highest BCUT2D eigenvalue weighted by Crippen LogP contribution is 2.23. The molecule has 2 atom stereocenters. The second kappa shape index (κ2) is 9.63. The predicted molar refractivity (Wildman–Crippen MR) is 116 cm³/mol. The lowest BCUT2D eigenvalue weighted by atomic mass is 9.97. The van der Waals surface area contributed by atoms with E-state index >= 15 is 0 Å². The van der Waals surface area contributed by atoms with Crippen LogP contribution < -0.4 is 10.9 Å². The number of aliphatic hydroxyl groups is 1. The van der Waals surface area contributed by atoms with E-state index in [2.05, 4.69) is 10.4 Å². The molecule has 9 heteroatoms. The van der Waals surface area contributed by atoms with Crippen LogP contribution in [0.25, 0.3) is 11.1 Å². The lowest BCUT2D eigenvalue weighted by molar-refractivity contribution is -0.147. The predicted octanol–water partition coefficient (Wildman–Crippen LogP) is 2.21. The third-order valence-electron chi connectivity index (χ3n) is 4.85. The molecule has 0 aliphatic carbocycles. The third-order valence-corrected chi connectivity index (χ3v) is 5.09. The van der Waals surface area contributed by atoms with Crippen LogP contribution in [-0.4, -0.2) is 44.0 Å². The number of aromatic amines is 1. The highest BCUT2D eigenvalue weighted by molar-refractivity contribution is 6.30. The van der Waals surface area contributed by atoms with Gasteiger partial charge in [-0.2, -0.15) is 0 Å². The van der Waals surface area contributed by atoms with Gasteiger partial charge in [0.25, 0.3) is 11.5 Å². The summed E-state index contributed by atoms with van der Waals surface area (Å²) < 4.78 is 1.16. The Morgan fingerprint density at radius 3 is 2.42 bits per heavy atom. The monoisotopic (exact) mass is 443 g/mol. The van der Waals surface area contributed by atoms with Crippen LogP contribution in [0, 0.1) is 0 Å². The summed E-state index contributed by atoms with van der Waals surface area (Å²) in [6.07, 6.45) is -1.53. The van der Waals surface area contributed by atoms with Crippen molar-refractivity contribution in [2.24, 2.45) is 7.05 Å². The minimum atomic E-state index is -1.63. The van der Waals surface area contributed by atoms with Gasteiger partial charge in [0.2, 0.25) is 0 Å². The second-order valence-corrected chi connectivity index (χ2v) is 7.68. The molecule has 1 amide bonds. The topological polar surface area (TPSA) is 124 Å². The molecule has 0 unspecified atom stereocenters. The molecule has 3 aromatic rings. The normalized spacial score (nSPS) is 12.9. The van der Waals surface area contributed by atoms with Gasteiger partial charge in [-0.1, -0.05) is 48.0 Å². The molecule has 162 valence electrons. The second-order valence-electron chi connectivity index (χ2n) is 7.24. The number of amides is 1. The van der Waals surface area contributed by atoms with E-state index in [1.807, 2.05) is 42.5 Å². The van der Waals surface area contributed by atoms with Crippen LogP contribution in [0.3, 0.4) is 0 Å². The minimum Gasteiger partial charge on any atom is -0.479 e. The molecule has 1 heterocycles. The molecule has 0 radical (unpaired) electrons. The molecule has 2 aromatic carbocycles. The van der Waals surface area contributed by atoms with Crippen molar-refractivity contribution in [1.82, 2.24) is 15.1 Å². The fraction of sp³-hybridized carbons (Fsp3) is 0.227. The molecule has 31 heavy (non-hydrogen) atoms. The Morgan fingerprint density at radius 1 is 1.13 bits per heavy atom. The summed E-state index contributed by atoms with van der Waals surface area (Å²) in [7, 11) is 1.48. The fourth-order valence-electron chi connectivity index (χ4n) is 3.22. The first-order valence-electron chi connectivity index (χ1n) is 9.55. The van der Waals surface area contributed by atoms with E-state index in [9.17, 15) is 19.5 Å². The van der Waals surface area contributed by atoms with Crippen molar-refractivity contribution in [3.8, 4) is 11.1 Å². The van der Waals surface area contributed by atoms with Gasteiger partial charge in [-0.25, -0.2) is 4.79 Å². The lowest BCUT2D eigenvalue weighted by Gasteiger charge is -2.20. The van der Waals surface area contributed by atoms with E-state index < -0.39 is 24.0 Å². The van der Waals surface area contributed by atoms with Gasteiger partial charge in [0.1, 0.15) is 5.69 Å². The molecule has 0 spiro atoms. The smallest absolute Gasteiger partial charge is 0.332 e. The number of benzene rings is 2. The van der Waals surface area contributed by atoms with Crippen molar-refractivity contribution in [2.45, 2.75) is 25.0 Å². The molecular formula is C22H22ClN3O5. The zero-order valence-corrected chi connectivity index (χ0v) is 17.5. The molecule has 4 N–H and O–H groups in total. The maximum atomic E-state index is 12.5. The Bertz CT molecular complexity index is 1140. The summed E-state index contributed by atoms with van der Waals surface area (Å²) in [5.41, 5.74) is 2.44. The zero-order chi connectivity index (χ0) is 22.5. The Balaban J connectivity index is 1.76. The van der Waals surface area contributed by atoms with Crippen molar-refractivity contribution in [2.75, 3.05) is 0 Å². The van der Waals surface area contributed by atoms with Gasteiger partial charge in [0.05, 0.1) is 0 Å². The van der Waals surface area contributed by atoms with Crippen LogP contribution in [0.4, 0.5) is 0 Å². The van der Waals surface area contributed by atoms with Gasteiger partial charge >= 0.3 is 5.97 Å². The molecule has 0 fully saturated rings.